The first-order valence-corrected chi connectivity index (χ1v) is 8.09. The zero-order valence-electron chi connectivity index (χ0n) is 13.1. The van der Waals surface area contributed by atoms with Crippen LogP contribution in [0.5, 0.6) is 5.75 Å². The molecule has 3 aromatic rings. The van der Waals surface area contributed by atoms with Gasteiger partial charge in [-0.3, -0.25) is 0 Å². The molecule has 0 amide bonds. The monoisotopic (exact) mass is 338 g/mol. The number of fused-ring (bicyclic) bond motifs is 1. The molecular formula is C18H14N2O3S. The molecule has 2 aromatic carbocycles. The number of hydrogen-bond acceptors (Lipinski definition) is 5. The van der Waals surface area contributed by atoms with Crippen molar-refractivity contribution in [3.8, 4) is 22.9 Å². The maximum atomic E-state index is 11.4. The zero-order valence-corrected chi connectivity index (χ0v) is 13.9. The molecule has 6 heteroatoms. The summed E-state index contributed by atoms with van der Waals surface area (Å²) in [4.78, 5) is 15.8. The van der Waals surface area contributed by atoms with Crippen molar-refractivity contribution < 1.29 is 14.6 Å². The third-order valence-electron chi connectivity index (χ3n) is 3.65. The van der Waals surface area contributed by atoms with E-state index in [0.29, 0.717) is 11.3 Å². The van der Waals surface area contributed by atoms with Gasteiger partial charge in [0.2, 0.25) is 0 Å². The summed E-state index contributed by atoms with van der Waals surface area (Å²) in [5.41, 5.74) is 3.23. The fraction of sp³-hybridized carbons (Fsp3) is 0.167. The lowest BCUT2D eigenvalue weighted by Gasteiger charge is -2.23. The molecule has 0 atom stereocenters. The molecule has 0 aliphatic heterocycles. The molecule has 3 rings (SSSR count). The van der Waals surface area contributed by atoms with Gasteiger partial charge in [0.05, 0.1) is 32.9 Å². The number of nitriles is 1. The molecule has 0 radical (unpaired) electrons. The van der Waals surface area contributed by atoms with Gasteiger partial charge in [0.25, 0.3) is 0 Å². The molecule has 120 valence electrons. The molecule has 0 unspecified atom stereocenters. The van der Waals surface area contributed by atoms with Gasteiger partial charge in [0, 0.05) is 0 Å². The van der Waals surface area contributed by atoms with Crippen LogP contribution in [-0.2, 0) is 4.79 Å². The summed E-state index contributed by atoms with van der Waals surface area (Å²) >= 11 is 1.50. The van der Waals surface area contributed by atoms with E-state index >= 15 is 0 Å². The number of thiazole rings is 1. The number of nitrogens with zero attached hydrogens (tertiary/aromatic N) is 2. The van der Waals surface area contributed by atoms with Gasteiger partial charge in [0.15, 0.2) is 5.60 Å². The van der Waals surface area contributed by atoms with Crippen molar-refractivity contribution in [3.05, 3.63) is 47.5 Å². The molecule has 0 bridgehead atoms. The fourth-order valence-corrected chi connectivity index (χ4v) is 2.99. The minimum Gasteiger partial charge on any atom is -0.478 e. The summed E-state index contributed by atoms with van der Waals surface area (Å²) in [5.74, 6) is -0.600. The second kappa shape index (κ2) is 5.95. The van der Waals surface area contributed by atoms with Crippen LogP contribution in [0.25, 0.3) is 21.3 Å². The predicted octanol–water partition coefficient (Wildman–Crippen LogP) is 4.08. The van der Waals surface area contributed by atoms with Crippen molar-refractivity contribution in [1.29, 1.82) is 5.26 Å². The minimum atomic E-state index is -1.37. The Morgan fingerprint density at radius 3 is 2.58 bits per heavy atom. The van der Waals surface area contributed by atoms with Crippen LogP contribution in [0.15, 0.2) is 41.9 Å². The molecule has 0 aliphatic rings. The number of hydrogen-bond donors (Lipinski definition) is 1. The van der Waals surface area contributed by atoms with Gasteiger partial charge in [-0.1, -0.05) is 12.1 Å². The predicted molar refractivity (Wildman–Crippen MR) is 92.1 cm³/mol. The van der Waals surface area contributed by atoms with E-state index in [0.717, 1.165) is 21.3 Å². The van der Waals surface area contributed by atoms with Crippen molar-refractivity contribution in [2.75, 3.05) is 0 Å². The van der Waals surface area contributed by atoms with Crippen LogP contribution < -0.4 is 4.74 Å². The van der Waals surface area contributed by atoms with Crippen LogP contribution in [0.2, 0.25) is 0 Å². The lowest BCUT2D eigenvalue weighted by Crippen LogP contribution is -2.38. The summed E-state index contributed by atoms with van der Waals surface area (Å²) < 4.78 is 6.76. The van der Waals surface area contributed by atoms with Crippen LogP contribution in [-0.4, -0.2) is 21.7 Å². The molecule has 1 aromatic heterocycles. The standard InChI is InChI=1S/C18H14N2O3S/c1-18(2,17(21)22)23-13-7-8-14-16(20-10-24-14)15(13)12-5-3-11(9-19)4-6-12/h3-8,10H,1-2H3,(H,21,22). The number of rotatable bonds is 4. The Bertz CT molecular complexity index is 953. The van der Waals surface area contributed by atoms with Crippen LogP contribution in [0.4, 0.5) is 0 Å². The minimum absolute atomic E-state index is 0.450. The largest absolute Gasteiger partial charge is 0.478 e. The smallest absolute Gasteiger partial charge is 0.347 e. The highest BCUT2D eigenvalue weighted by atomic mass is 32.1. The number of carboxylic acid groups (broad SMARTS) is 1. The fourth-order valence-electron chi connectivity index (χ4n) is 2.31. The van der Waals surface area contributed by atoms with E-state index in [4.69, 9.17) is 10.00 Å². The van der Waals surface area contributed by atoms with Gasteiger partial charge in [-0.2, -0.15) is 5.26 Å². The Kier molecular flexibility index (Phi) is 3.96. The van der Waals surface area contributed by atoms with Gasteiger partial charge < -0.3 is 9.84 Å². The zero-order chi connectivity index (χ0) is 17.3. The molecule has 5 nitrogen and oxygen atoms in total. The summed E-state index contributed by atoms with van der Waals surface area (Å²) in [6.07, 6.45) is 0. The van der Waals surface area contributed by atoms with E-state index < -0.39 is 11.6 Å². The molecule has 24 heavy (non-hydrogen) atoms. The molecule has 0 saturated carbocycles. The molecule has 1 N–H and O–H groups in total. The first-order chi connectivity index (χ1) is 11.4. The Balaban J connectivity index is 2.19. The lowest BCUT2D eigenvalue weighted by atomic mass is 10.0. The number of benzene rings is 2. The van der Waals surface area contributed by atoms with Gasteiger partial charge in [-0.05, 0) is 43.7 Å². The van der Waals surface area contributed by atoms with Crippen LogP contribution in [0.1, 0.15) is 19.4 Å². The van der Waals surface area contributed by atoms with E-state index in [2.05, 4.69) is 11.1 Å². The Labute approximate surface area is 142 Å². The van der Waals surface area contributed by atoms with E-state index in [1.165, 1.54) is 25.2 Å². The number of aromatic nitrogens is 1. The summed E-state index contributed by atoms with van der Waals surface area (Å²) in [6, 6.07) is 12.8. The number of ether oxygens (including phenoxy) is 1. The average molecular weight is 338 g/mol. The normalized spacial score (nSPS) is 11.2. The van der Waals surface area contributed by atoms with Gasteiger partial charge in [-0.15, -0.1) is 11.3 Å². The van der Waals surface area contributed by atoms with E-state index in [9.17, 15) is 9.90 Å². The van der Waals surface area contributed by atoms with Crippen LogP contribution in [0, 0.1) is 11.3 Å². The second-order valence-corrected chi connectivity index (χ2v) is 6.63. The van der Waals surface area contributed by atoms with Crippen molar-refractivity contribution >= 4 is 27.5 Å². The molecule has 0 aliphatic carbocycles. The van der Waals surface area contributed by atoms with Crippen molar-refractivity contribution in [2.45, 2.75) is 19.4 Å². The van der Waals surface area contributed by atoms with Crippen LogP contribution in [0.3, 0.4) is 0 Å². The number of carboxylic acids is 1. The highest BCUT2D eigenvalue weighted by Gasteiger charge is 2.31. The highest BCUT2D eigenvalue weighted by molar-refractivity contribution is 7.16. The Morgan fingerprint density at radius 1 is 1.25 bits per heavy atom. The first kappa shape index (κ1) is 16.0. The maximum absolute atomic E-state index is 11.4. The first-order valence-electron chi connectivity index (χ1n) is 7.21. The molecule has 1 heterocycles. The summed E-state index contributed by atoms with van der Waals surface area (Å²) in [5, 5.41) is 18.3. The van der Waals surface area contributed by atoms with Crippen LogP contribution >= 0.6 is 11.3 Å². The van der Waals surface area contributed by atoms with Crippen molar-refractivity contribution in [2.24, 2.45) is 0 Å². The SMILES string of the molecule is CC(C)(Oc1ccc2scnc2c1-c1ccc(C#N)cc1)C(=O)O. The van der Waals surface area contributed by atoms with Gasteiger partial charge in [-0.25, -0.2) is 9.78 Å². The number of carbonyl (C=O) groups is 1. The van der Waals surface area contributed by atoms with Crippen molar-refractivity contribution in [3.63, 3.8) is 0 Å². The summed E-state index contributed by atoms with van der Waals surface area (Å²) in [6.45, 7) is 3.01. The second-order valence-electron chi connectivity index (χ2n) is 5.74. The Hall–Kier alpha value is -2.91. The quantitative estimate of drug-likeness (QED) is 0.775. The third-order valence-corrected chi connectivity index (χ3v) is 4.44. The van der Waals surface area contributed by atoms with Gasteiger partial charge in [0.1, 0.15) is 5.75 Å². The van der Waals surface area contributed by atoms with E-state index in [1.807, 2.05) is 18.2 Å². The molecule has 0 spiro atoms. The third kappa shape index (κ3) is 2.82. The summed E-state index contributed by atoms with van der Waals surface area (Å²) in [7, 11) is 0. The van der Waals surface area contributed by atoms with Crippen molar-refractivity contribution in [1.82, 2.24) is 4.98 Å². The highest BCUT2D eigenvalue weighted by Crippen LogP contribution is 2.39. The molecular weight excluding hydrogens is 324 g/mol. The van der Waals surface area contributed by atoms with E-state index in [1.54, 1.807) is 23.7 Å². The average Bonchev–Trinajstić information content (AvgIpc) is 3.03. The number of aliphatic carboxylic acids is 1. The Morgan fingerprint density at radius 2 is 1.96 bits per heavy atom. The van der Waals surface area contributed by atoms with Gasteiger partial charge >= 0.3 is 5.97 Å². The molecule has 0 fully saturated rings. The molecule has 0 saturated heterocycles. The maximum Gasteiger partial charge on any atom is 0.347 e. The van der Waals surface area contributed by atoms with E-state index in [-0.39, 0.29) is 0 Å². The lowest BCUT2D eigenvalue weighted by molar-refractivity contribution is -0.152. The topological polar surface area (TPSA) is 83.2 Å².